The molecule has 0 saturated carbocycles. The molecule has 1 spiro atoms. The first kappa shape index (κ1) is 15.0. The maximum Gasteiger partial charge on any atom is 0.292 e. The molecule has 2 aliphatic rings. The Morgan fingerprint density at radius 1 is 1.25 bits per heavy atom. The highest BCUT2D eigenvalue weighted by Crippen LogP contribution is 2.35. The normalized spacial score (nSPS) is 19.4. The van der Waals surface area contributed by atoms with E-state index in [-0.39, 0.29) is 17.7 Å². The van der Waals surface area contributed by atoms with Gasteiger partial charge in [-0.05, 0) is 6.07 Å². The molecule has 2 aliphatic heterocycles. The van der Waals surface area contributed by atoms with E-state index in [9.17, 15) is 4.79 Å². The minimum absolute atomic E-state index is 0.00870. The third-order valence-corrected chi connectivity index (χ3v) is 4.56. The van der Waals surface area contributed by atoms with E-state index in [1.165, 1.54) is 6.20 Å². The number of para-hydroxylation sites is 1. The molecule has 0 radical (unpaired) electrons. The quantitative estimate of drug-likeness (QED) is 0.858. The Balaban J connectivity index is 1.70. The Bertz CT molecular complexity index is 752. The molecule has 1 fully saturated rings. The van der Waals surface area contributed by atoms with E-state index < -0.39 is 5.60 Å². The molecule has 0 bridgehead atoms. The second-order valence-corrected chi connectivity index (χ2v) is 6.23. The molecular formula is C17H19N3O4. The predicted octanol–water partition coefficient (Wildman–Crippen LogP) is 1.84. The summed E-state index contributed by atoms with van der Waals surface area (Å²) in [5.41, 5.74) is 6.04. The maximum atomic E-state index is 12.9. The molecule has 24 heavy (non-hydrogen) atoms. The van der Waals surface area contributed by atoms with Gasteiger partial charge in [0.1, 0.15) is 11.4 Å². The molecule has 1 amide bonds. The number of amides is 1. The number of hydrogen-bond acceptors (Lipinski definition) is 6. The van der Waals surface area contributed by atoms with Crippen LogP contribution in [0.1, 0.15) is 29.0 Å². The van der Waals surface area contributed by atoms with Crippen molar-refractivity contribution in [3.05, 3.63) is 41.8 Å². The molecule has 2 N–H and O–H groups in total. The summed E-state index contributed by atoms with van der Waals surface area (Å²) in [6, 6.07) is 7.81. The molecule has 7 heteroatoms. The Morgan fingerprint density at radius 2 is 2.04 bits per heavy atom. The molecule has 2 aromatic rings. The topological polar surface area (TPSA) is 90.8 Å². The zero-order valence-electron chi connectivity index (χ0n) is 13.2. The number of hydrogen-bond donors (Lipinski definition) is 1. The third kappa shape index (κ3) is 2.71. The van der Waals surface area contributed by atoms with Crippen molar-refractivity contribution in [2.24, 2.45) is 0 Å². The minimum atomic E-state index is -0.438. The monoisotopic (exact) mass is 329 g/mol. The number of benzene rings is 1. The van der Waals surface area contributed by atoms with E-state index in [2.05, 4.69) is 4.98 Å². The summed E-state index contributed by atoms with van der Waals surface area (Å²) in [4.78, 5) is 18.4. The molecule has 1 aromatic heterocycles. The average Bonchev–Trinajstić information content (AvgIpc) is 2.95. The molecular weight excluding hydrogens is 310 g/mol. The molecule has 1 aromatic carbocycles. The van der Waals surface area contributed by atoms with Gasteiger partial charge in [-0.25, -0.2) is 4.98 Å². The van der Waals surface area contributed by atoms with E-state index in [0.717, 1.165) is 24.2 Å². The number of nitrogens with two attached hydrogens (primary N) is 1. The second kappa shape index (κ2) is 5.83. The summed E-state index contributed by atoms with van der Waals surface area (Å²) >= 11 is 0. The Kier molecular flexibility index (Phi) is 3.65. The van der Waals surface area contributed by atoms with Crippen LogP contribution in [-0.4, -0.2) is 41.2 Å². The van der Waals surface area contributed by atoms with Gasteiger partial charge in [0.25, 0.3) is 11.9 Å². The maximum absolute atomic E-state index is 12.9. The first-order valence-corrected chi connectivity index (χ1v) is 8.00. The van der Waals surface area contributed by atoms with E-state index >= 15 is 0 Å². The van der Waals surface area contributed by atoms with Crippen LogP contribution in [0.25, 0.3) is 0 Å². The number of rotatable bonds is 1. The van der Waals surface area contributed by atoms with Gasteiger partial charge in [-0.2, -0.15) is 0 Å². The highest BCUT2D eigenvalue weighted by Gasteiger charge is 2.41. The van der Waals surface area contributed by atoms with Crippen LogP contribution >= 0.6 is 0 Å². The number of anilines is 1. The number of fused-ring (bicyclic) bond motifs is 1. The highest BCUT2D eigenvalue weighted by molar-refractivity contribution is 5.91. The van der Waals surface area contributed by atoms with Crippen LogP contribution in [0.2, 0.25) is 0 Å². The standard InChI is InChI=1S/C17H19N3O4/c18-16-19-9-14(23-16)15(21)20-10-12-3-1-2-4-13(12)24-17(11-20)5-7-22-8-6-17/h1-4,9H,5-8,10-11H2,(H2,18,19). The summed E-state index contributed by atoms with van der Waals surface area (Å²) in [6.07, 6.45) is 2.85. The first-order chi connectivity index (χ1) is 11.7. The molecule has 0 atom stereocenters. The number of carbonyl (C=O) groups excluding carboxylic acids is 1. The van der Waals surface area contributed by atoms with Crippen molar-refractivity contribution in [3.8, 4) is 5.75 Å². The number of aromatic nitrogens is 1. The van der Waals surface area contributed by atoms with Crippen molar-refractivity contribution in [1.82, 2.24) is 9.88 Å². The number of ether oxygens (including phenoxy) is 2. The fraction of sp³-hybridized carbons (Fsp3) is 0.412. The molecule has 1 saturated heterocycles. The van der Waals surface area contributed by atoms with Crippen molar-refractivity contribution >= 4 is 11.9 Å². The Hall–Kier alpha value is -2.54. The van der Waals surface area contributed by atoms with E-state index in [1.54, 1.807) is 4.90 Å². The lowest BCUT2D eigenvalue weighted by molar-refractivity contribution is -0.0553. The van der Waals surface area contributed by atoms with Gasteiger partial charge in [0.2, 0.25) is 5.76 Å². The van der Waals surface area contributed by atoms with Crippen molar-refractivity contribution in [3.63, 3.8) is 0 Å². The van der Waals surface area contributed by atoms with E-state index in [1.807, 2.05) is 24.3 Å². The zero-order valence-corrected chi connectivity index (χ0v) is 13.2. The first-order valence-electron chi connectivity index (χ1n) is 8.00. The Labute approximate surface area is 139 Å². The number of nitrogens with zero attached hydrogens (tertiary/aromatic N) is 2. The van der Waals surface area contributed by atoms with Crippen LogP contribution in [0.15, 0.2) is 34.9 Å². The SMILES string of the molecule is Nc1ncc(C(=O)N2Cc3ccccc3OC3(CCOCC3)C2)o1. The van der Waals surface area contributed by atoms with Crippen LogP contribution in [0.5, 0.6) is 5.75 Å². The van der Waals surface area contributed by atoms with Crippen molar-refractivity contribution in [2.45, 2.75) is 25.0 Å². The molecule has 0 unspecified atom stereocenters. The van der Waals surface area contributed by atoms with Gasteiger partial charge in [0.15, 0.2) is 0 Å². The smallest absolute Gasteiger partial charge is 0.292 e. The predicted molar refractivity (Wildman–Crippen MR) is 85.5 cm³/mol. The summed E-state index contributed by atoms with van der Waals surface area (Å²) < 4.78 is 17.1. The van der Waals surface area contributed by atoms with Crippen molar-refractivity contribution in [1.29, 1.82) is 0 Å². The fourth-order valence-electron chi connectivity index (χ4n) is 3.30. The van der Waals surface area contributed by atoms with Crippen LogP contribution in [0.3, 0.4) is 0 Å². The number of nitrogen functional groups attached to an aromatic ring is 1. The van der Waals surface area contributed by atoms with Crippen molar-refractivity contribution in [2.75, 3.05) is 25.5 Å². The van der Waals surface area contributed by atoms with Gasteiger partial charge in [-0.15, -0.1) is 0 Å². The molecule has 4 rings (SSSR count). The Morgan fingerprint density at radius 3 is 2.79 bits per heavy atom. The molecule has 0 aliphatic carbocycles. The summed E-state index contributed by atoms with van der Waals surface area (Å²) in [5, 5.41) is 0. The van der Waals surface area contributed by atoms with Gasteiger partial charge < -0.3 is 24.5 Å². The zero-order chi connectivity index (χ0) is 16.6. The fourth-order valence-corrected chi connectivity index (χ4v) is 3.30. The summed E-state index contributed by atoms with van der Waals surface area (Å²) in [5.74, 6) is 0.742. The highest BCUT2D eigenvalue weighted by atomic mass is 16.5. The molecule has 3 heterocycles. The van der Waals surface area contributed by atoms with Crippen molar-refractivity contribution < 1.29 is 18.7 Å². The van der Waals surface area contributed by atoms with Gasteiger partial charge in [-0.1, -0.05) is 18.2 Å². The number of carbonyl (C=O) groups is 1. The largest absolute Gasteiger partial charge is 0.485 e. The van der Waals surface area contributed by atoms with Crippen LogP contribution < -0.4 is 10.5 Å². The van der Waals surface area contributed by atoms with Crippen LogP contribution in [-0.2, 0) is 11.3 Å². The van der Waals surface area contributed by atoms with Crippen LogP contribution in [0.4, 0.5) is 6.01 Å². The van der Waals surface area contributed by atoms with E-state index in [4.69, 9.17) is 19.6 Å². The summed E-state index contributed by atoms with van der Waals surface area (Å²) in [7, 11) is 0. The molecule has 126 valence electrons. The lowest BCUT2D eigenvalue weighted by atomic mass is 9.93. The van der Waals surface area contributed by atoms with Gasteiger partial charge in [0, 0.05) is 24.9 Å². The lowest BCUT2D eigenvalue weighted by Crippen LogP contribution is -2.50. The van der Waals surface area contributed by atoms with Gasteiger partial charge in [-0.3, -0.25) is 4.79 Å². The molecule has 7 nitrogen and oxygen atoms in total. The minimum Gasteiger partial charge on any atom is -0.485 e. The average molecular weight is 329 g/mol. The van der Waals surface area contributed by atoms with Gasteiger partial charge in [0.05, 0.1) is 26.0 Å². The number of oxazole rings is 1. The van der Waals surface area contributed by atoms with E-state index in [0.29, 0.717) is 26.3 Å². The summed E-state index contributed by atoms with van der Waals surface area (Å²) in [6.45, 7) is 2.18. The lowest BCUT2D eigenvalue weighted by Gasteiger charge is -2.38. The van der Waals surface area contributed by atoms with Gasteiger partial charge >= 0.3 is 0 Å². The van der Waals surface area contributed by atoms with Crippen LogP contribution in [0, 0.1) is 0 Å². The third-order valence-electron chi connectivity index (χ3n) is 4.56. The second-order valence-electron chi connectivity index (χ2n) is 6.23.